The minimum Gasteiger partial charge on any atom is -0.348 e. The maximum absolute atomic E-state index is 13.3. The summed E-state index contributed by atoms with van der Waals surface area (Å²) in [5.74, 6) is 0.977. The van der Waals surface area contributed by atoms with E-state index in [0.29, 0.717) is 28.6 Å². The summed E-state index contributed by atoms with van der Waals surface area (Å²) >= 11 is 5.87. The number of amides is 1. The van der Waals surface area contributed by atoms with Crippen molar-refractivity contribution in [3.8, 4) is 11.3 Å². The fourth-order valence-corrected chi connectivity index (χ4v) is 4.10. The second kappa shape index (κ2) is 6.60. The van der Waals surface area contributed by atoms with Crippen LogP contribution in [0.3, 0.4) is 0 Å². The molecule has 0 radical (unpaired) electrons. The Balaban J connectivity index is 1.53. The smallest absolute Gasteiger partial charge is 0.348 e. The predicted molar refractivity (Wildman–Crippen MR) is 105 cm³/mol. The van der Waals surface area contributed by atoms with Gasteiger partial charge < -0.3 is 9.88 Å². The molecule has 5 rings (SSSR count). The highest BCUT2D eigenvalue weighted by molar-refractivity contribution is 6.31. The van der Waals surface area contributed by atoms with E-state index in [1.165, 1.54) is 17.0 Å². The first kappa shape index (κ1) is 19.2. The summed E-state index contributed by atoms with van der Waals surface area (Å²) in [5.41, 5.74) is 0.964. The van der Waals surface area contributed by atoms with Gasteiger partial charge in [-0.1, -0.05) is 11.6 Å². The number of carbonyl (C=O) groups is 1. The molecule has 1 fully saturated rings. The Hall–Kier alpha value is -2.81. The molecule has 2 aromatic heterocycles. The molecule has 0 spiro atoms. The number of halogens is 4. The molecule has 1 saturated carbocycles. The van der Waals surface area contributed by atoms with Crippen molar-refractivity contribution in [1.82, 2.24) is 19.7 Å². The molecule has 3 aromatic rings. The number of nitrogens with one attached hydrogen (secondary N) is 1. The van der Waals surface area contributed by atoms with Crippen LogP contribution in [0.2, 0.25) is 5.02 Å². The van der Waals surface area contributed by atoms with Crippen LogP contribution in [0.25, 0.3) is 11.3 Å². The minimum absolute atomic E-state index is 0.172. The molecule has 1 N–H and O–H groups in total. The molecular weight excluding hydrogens is 419 g/mol. The van der Waals surface area contributed by atoms with Crippen LogP contribution in [0.15, 0.2) is 30.6 Å². The average Bonchev–Trinajstić information content (AvgIpc) is 3.24. The van der Waals surface area contributed by atoms with Gasteiger partial charge in [-0.05, 0) is 38.0 Å². The van der Waals surface area contributed by atoms with Crippen molar-refractivity contribution < 1.29 is 18.0 Å². The molecule has 3 heterocycles. The van der Waals surface area contributed by atoms with Gasteiger partial charge in [0.15, 0.2) is 0 Å². The number of aromatic nitrogens is 4. The number of benzene rings is 1. The van der Waals surface area contributed by atoms with Crippen LogP contribution in [0, 0.1) is 0 Å². The van der Waals surface area contributed by atoms with Gasteiger partial charge in [0.1, 0.15) is 11.5 Å². The molecular formula is C20H17ClF3N5O. The van der Waals surface area contributed by atoms with Gasteiger partial charge in [0.2, 0.25) is 0 Å². The Kier molecular flexibility index (Phi) is 4.22. The summed E-state index contributed by atoms with van der Waals surface area (Å²) in [6.45, 7) is 2.16. The van der Waals surface area contributed by atoms with Gasteiger partial charge in [0.05, 0.1) is 34.1 Å². The molecule has 1 aliphatic heterocycles. The highest BCUT2D eigenvalue weighted by Crippen LogP contribution is 2.40. The maximum Gasteiger partial charge on any atom is 0.417 e. The molecule has 10 heteroatoms. The Morgan fingerprint density at radius 3 is 2.70 bits per heavy atom. The summed E-state index contributed by atoms with van der Waals surface area (Å²) in [7, 11) is 0. The van der Waals surface area contributed by atoms with Crippen molar-refractivity contribution in [2.45, 2.75) is 37.9 Å². The number of hydrogen-bond donors (Lipinski definition) is 1. The van der Waals surface area contributed by atoms with Crippen LogP contribution in [-0.2, 0) is 6.18 Å². The molecule has 0 unspecified atom stereocenters. The van der Waals surface area contributed by atoms with Crippen molar-refractivity contribution in [3.63, 3.8) is 0 Å². The number of carbonyl (C=O) groups excluding carboxylic acids is 1. The molecule has 1 aromatic carbocycles. The summed E-state index contributed by atoms with van der Waals surface area (Å²) in [6.07, 6.45) is 1.01. The van der Waals surface area contributed by atoms with Gasteiger partial charge in [0, 0.05) is 24.3 Å². The molecule has 2 aliphatic rings. The lowest BCUT2D eigenvalue weighted by Crippen LogP contribution is -2.42. The van der Waals surface area contributed by atoms with Crippen LogP contribution in [0.5, 0.6) is 0 Å². The number of H-pyrrole nitrogens is 1. The summed E-state index contributed by atoms with van der Waals surface area (Å²) in [6, 6.07) is 3.18. The van der Waals surface area contributed by atoms with Gasteiger partial charge in [-0.2, -0.15) is 18.3 Å². The van der Waals surface area contributed by atoms with Crippen molar-refractivity contribution in [1.29, 1.82) is 0 Å². The number of alkyl halides is 3. The fourth-order valence-electron chi connectivity index (χ4n) is 3.81. The van der Waals surface area contributed by atoms with Crippen LogP contribution < -0.4 is 4.90 Å². The molecule has 30 heavy (non-hydrogen) atoms. The Labute approximate surface area is 174 Å². The summed E-state index contributed by atoms with van der Waals surface area (Å²) in [5, 5.41) is 3.92. The van der Waals surface area contributed by atoms with Crippen molar-refractivity contribution in [2.75, 3.05) is 11.4 Å². The van der Waals surface area contributed by atoms with E-state index in [1.807, 2.05) is 6.92 Å². The first-order chi connectivity index (χ1) is 14.2. The quantitative estimate of drug-likeness (QED) is 0.626. The molecule has 156 valence electrons. The zero-order valence-corrected chi connectivity index (χ0v) is 16.6. The fraction of sp³-hybridized carbons (Fsp3) is 0.350. The zero-order chi connectivity index (χ0) is 21.2. The van der Waals surface area contributed by atoms with Gasteiger partial charge in [0.25, 0.3) is 5.91 Å². The Morgan fingerprint density at radius 2 is 2.03 bits per heavy atom. The first-order valence-electron chi connectivity index (χ1n) is 9.56. The lowest BCUT2D eigenvalue weighted by molar-refractivity contribution is -0.137. The van der Waals surface area contributed by atoms with Crippen LogP contribution >= 0.6 is 11.6 Å². The van der Waals surface area contributed by atoms with E-state index in [4.69, 9.17) is 11.6 Å². The van der Waals surface area contributed by atoms with Crippen LogP contribution in [0.1, 0.15) is 53.6 Å². The van der Waals surface area contributed by atoms with Gasteiger partial charge in [-0.3, -0.25) is 9.48 Å². The second-order valence-corrected chi connectivity index (χ2v) is 8.13. The predicted octanol–water partition coefficient (Wildman–Crippen LogP) is 5.04. The van der Waals surface area contributed by atoms with E-state index < -0.39 is 16.8 Å². The van der Waals surface area contributed by atoms with Gasteiger partial charge >= 0.3 is 6.18 Å². The van der Waals surface area contributed by atoms with E-state index in [9.17, 15) is 18.0 Å². The largest absolute Gasteiger partial charge is 0.417 e. The van der Waals surface area contributed by atoms with E-state index in [1.54, 1.807) is 17.1 Å². The number of nitrogens with zero attached hydrogens (tertiary/aromatic N) is 4. The minimum atomic E-state index is -4.56. The first-order valence-corrected chi connectivity index (χ1v) is 9.93. The molecule has 1 atom stereocenters. The average molecular weight is 436 g/mol. The molecule has 1 aliphatic carbocycles. The zero-order valence-electron chi connectivity index (χ0n) is 15.9. The monoisotopic (exact) mass is 435 g/mol. The van der Waals surface area contributed by atoms with E-state index in [0.717, 1.165) is 24.7 Å². The third kappa shape index (κ3) is 3.08. The van der Waals surface area contributed by atoms with Crippen molar-refractivity contribution >= 4 is 23.2 Å². The van der Waals surface area contributed by atoms with Gasteiger partial charge in [-0.15, -0.1) is 0 Å². The SMILES string of the molecule is C[C@H]1CN(c2ccc(C(F)(F)F)c(Cl)c2)C(=O)c2c(-c3c[nH]c(C4CC4)n3)cnn21. The van der Waals surface area contributed by atoms with E-state index >= 15 is 0 Å². The van der Waals surface area contributed by atoms with Crippen molar-refractivity contribution in [2.24, 2.45) is 0 Å². The number of anilines is 1. The topological polar surface area (TPSA) is 66.8 Å². The van der Waals surface area contributed by atoms with Crippen molar-refractivity contribution in [3.05, 3.63) is 52.7 Å². The third-order valence-corrected chi connectivity index (χ3v) is 5.83. The highest BCUT2D eigenvalue weighted by atomic mass is 35.5. The number of imidazole rings is 1. The van der Waals surface area contributed by atoms with E-state index in [-0.39, 0.29) is 18.5 Å². The molecule has 0 saturated heterocycles. The van der Waals surface area contributed by atoms with Crippen LogP contribution in [-0.4, -0.2) is 32.2 Å². The molecule has 0 bridgehead atoms. The molecule has 6 nitrogen and oxygen atoms in total. The molecule has 1 amide bonds. The second-order valence-electron chi connectivity index (χ2n) is 7.72. The highest BCUT2D eigenvalue weighted by Gasteiger charge is 2.37. The maximum atomic E-state index is 13.3. The summed E-state index contributed by atoms with van der Waals surface area (Å²) in [4.78, 5) is 22.5. The normalized spacial score (nSPS) is 19.3. The Bertz CT molecular complexity index is 1150. The van der Waals surface area contributed by atoms with E-state index in [2.05, 4.69) is 15.1 Å². The number of aromatic amines is 1. The number of fused-ring (bicyclic) bond motifs is 1. The third-order valence-electron chi connectivity index (χ3n) is 5.51. The van der Waals surface area contributed by atoms with Gasteiger partial charge in [-0.25, -0.2) is 4.98 Å². The lowest BCUT2D eigenvalue weighted by atomic mass is 10.1. The Morgan fingerprint density at radius 1 is 1.27 bits per heavy atom. The summed E-state index contributed by atoms with van der Waals surface area (Å²) < 4.78 is 40.7. The van der Waals surface area contributed by atoms with Crippen LogP contribution in [0.4, 0.5) is 18.9 Å². The number of hydrogen-bond acceptors (Lipinski definition) is 3. The standard InChI is InChI=1S/C20H17ClF3N5O/c1-10-9-28(12-4-5-14(15(21)6-12)20(22,23)24)19(30)17-13(7-26-29(10)17)16-8-25-18(27-16)11-2-3-11/h4-8,10-11H,2-3,9H2,1H3,(H,25,27)/t10-/m0/s1. The lowest BCUT2D eigenvalue weighted by Gasteiger charge is -2.32. The number of rotatable bonds is 3.